The molecule has 0 saturated heterocycles. The molecule has 0 unspecified atom stereocenters. The molecule has 3 rings (SSSR count). The van der Waals surface area contributed by atoms with E-state index in [4.69, 9.17) is 5.73 Å². The van der Waals surface area contributed by atoms with Crippen molar-refractivity contribution in [3.63, 3.8) is 0 Å². The number of nitrogen functional groups attached to an aromatic ring is 1. The second-order valence-electron chi connectivity index (χ2n) is 4.59. The van der Waals surface area contributed by atoms with Gasteiger partial charge in [-0.15, -0.1) is 0 Å². The maximum absolute atomic E-state index is 5.87. The van der Waals surface area contributed by atoms with Gasteiger partial charge < -0.3 is 10.6 Å². The molecule has 0 fully saturated rings. The second kappa shape index (κ2) is 4.29. The minimum absolute atomic E-state index is 0.558. The second-order valence-corrected chi connectivity index (χ2v) is 4.59. The standard InChI is InChI=1S/C14H16N4/c1-10-13(15)16-9-17-14(10)18-8-4-6-11-5-2-3-7-12(11)18/h2-3,5,7,9H,4,6,8H2,1H3,(H2,15,16,17). The van der Waals surface area contributed by atoms with E-state index in [0.29, 0.717) is 5.82 Å². The van der Waals surface area contributed by atoms with Crippen LogP contribution in [0.25, 0.3) is 0 Å². The lowest BCUT2D eigenvalue weighted by Crippen LogP contribution is -2.26. The Kier molecular flexibility index (Phi) is 2.63. The van der Waals surface area contributed by atoms with Crippen molar-refractivity contribution < 1.29 is 0 Å². The lowest BCUT2D eigenvalue weighted by Gasteiger charge is -2.31. The zero-order valence-corrected chi connectivity index (χ0v) is 10.4. The van der Waals surface area contributed by atoms with Crippen molar-refractivity contribution in [2.75, 3.05) is 17.2 Å². The van der Waals surface area contributed by atoms with Gasteiger partial charge in [0.25, 0.3) is 0 Å². The Hall–Kier alpha value is -2.10. The summed E-state index contributed by atoms with van der Waals surface area (Å²) in [5, 5.41) is 0. The summed E-state index contributed by atoms with van der Waals surface area (Å²) in [5.41, 5.74) is 9.44. The third kappa shape index (κ3) is 1.70. The molecule has 4 nitrogen and oxygen atoms in total. The Morgan fingerprint density at radius 3 is 2.94 bits per heavy atom. The van der Waals surface area contributed by atoms with Crippen LogP contribution in [0.15, 0.2) is 30.6 Å². The van der Waals surface area contributed by atoms with Crippen LogP contribution in [0.3, 0.4) is 0 Å². The zero-order chi connectivity index (χ0) is 12.5. The molecule has 0 spiro atoms. The van der Waals surface area contributed by atoms with Crippen molar-refractivity contribution in [2.45, 2.75) is 19.8 Å². The number of para-hydroxylation sites is 1. The molecular formula is C14H16N4. The van der Waals surface area contributed by atoms with Gasteiger partial charge in [0.15, 0.2) is 0 Å². The van der Waals surface area contributed by atoms with E-state index in [1.165, 1.54) is 17.6 Å². The molecule has 0 bridgehead atoms. The molecule has 1 aromatic carbocycles. The van der Waals surface area contributed by atoms with E-state index in [2.05, 4.69) is 39.1 Å². The first kappa shape index (κ1) is 11.0. The van der Waals surface area contributed by atoms with E-state index >= 15 is 0 Å². The predicted octanol–water partition coefficient (Wildman–Crippen LogP) is 2.45. The summed E-state index contributed by atoms with van der Waals surface area (Å²) in [6.07, 6.45) is 3.81. The zero-order valence-electron chi connectivity index (χ0n) is 10.4. The lowest BCUT2D eigenvalue weighted by molar-refractivity contribution is 0.756. The first-order valence-electron chi connectivity index (χ1n) is 6.20. The van der Waals surface area contributed by atoms with Gasteiger partial charge in [-0.1, -0.05) is 18.2 Å². The van der Waals surface area contributed by atoms with Gasteiger partial charge in [0.2, 0.25) is 0 Å². The number of hydrogen-bond acceptors (Lipinski definition) is 4. The fraction of sp³-hybridized carbons (Fsp3) is 0.286. The first-order chi connectivity index (χ1) is 8.77. The van der Waals surface area contributed by atoms with Crippen LogP contribution in [0.2, 0.25) is 0 Å². The van der Waals surface area contributed by atoms with Gasteiger partial charge in [-0.25, -0.2) is 9.97 Å². The van der Waals surface area contributed by atoms with Crippen LogP contribution in [-0.4, -0.2) is 16.5 Å². The Labute approximate surface area is 106 Å². The van der Waals surface area contributed by atoms with E-state index in [1.54, 1.807) is 0 Å². The van der Waals surface area contributed by atoms with Crippen LogP contribution in [0.5, 0.6) is 0 Å². The number of aryl methyl sites for hydroxylation is 1. The van der Waals surface area contributed by atoms with Crippen molar-refractivity contribution in [2.24, 2.45) is 0 Å². The molecule has 2 heterocycles. The molecule has 2 aromatic rings. The molecule has 1 aliphatic rings. The smallest absolute Gasteiger partial charge is 0.141 e. The average molecular weight is 240 g/mol. The lowest BCUT2D eigenvalue weighted by atomic mass is 10.0. The largest absolute Gasteiger partial charge is 0.383 e. The van der Waals surface area contributed by atoms with Crippen molar-refractivity contribution in [1.29, 1.82) is 0 Å². The van der Waals surface area contributed by atoms with Gasteiger partial charge in [0.05, 0.1) is 0 Å². The van der Waals surface area contributed by atoms with Crippen LogP contribution in [0.1, 0.15) is 17.5 Å². The summed E-state index contributed by atoms with van der Waals surface area (Å²) in [5.74, 6) is 1.48. The van der Waals surface area contributed by atoms with Crippen molar-refractivity contribution in [3.8, 4) is 0 Å². The quantitative estimate of drug-likeness (QED) is 0.832. The van der Waals surface area contributed by atoms with E-state index < -0.39 is 0 Å². The molecule has 0 amide bonds. The minimum atomic E-state index is 0.558. The molecule has 0 aliphatic carbocycles. The Morgan fingerprint density at radius 1 is 1.22 bits per heavy atom. The monoisotopic (exact) mass is 240 g/mol. The average Bonchev–Trinajstić information content (AvgIpc) is 2.41. The molecular weight excluding hydrogens is 224 g/mol. The van der Waals surface area contributed by atoms with Crippen molar-refractivity contribution >= 4 is 17.3 Å². The maximum Gasteiger partial charge on any atom is 0.141 e. The molecule has 0 radical (unpaired) electrons. The van der Waals surface area contributed by atoms with Crippen LogP contribution < -0.4 is 10.6 Å². The highest BCUT2D eigenvalue weighted by Crippen LogP contribution is 2.34. The first-order valence-corrected chi connectivity index (χ1v) is 6.20. The summed E-state index contributed by atoms with van der Waals surface area (Å²) < 4.78 is 0. The van der Waals surface area contributed by atoms with Gasteiger partial charge in [0, 0.05) is 17.8 Å². The molecule has 1 aliphatic heterocycles. The number of anilines is 3. The van der Waals surface area contributed by atoms with Gasteiger partial charge in [-0.3, -0.25) is 0 Å². The fourth-order valence-electron chi connectivity index (χ4n) is 2.48. The molecule has 4 heteroatoms. The molecule has 1 aromatic heterocycles. The number of nitrogens with two attached hydrogens (primary N) is 1. The van der Waals surface area contributed by atoms with Crippen LogP contribution in [-0.2, 0) is 6.42 Å². The summed E-state index contributed by atoms with van der Waals surface area (Å²) in [7, 11) is 0. The summed E-state index contributed by atoms with van der Waals surface area (Å²) in [6, 6.07) is 8.48. The summed E-state index contributed by atoms with van der Waals surface area (Å²) in [6.45, 7) is 2.95. The van der Waals surface area contributed by atoms with E-state index in [0.717, 1.165) is 30.8 Å². The highest BCUT2D eigenvalue weighted by Gasteiger charge is 2.20. The Bertz CT molecular complexity index is 580. The molecule has 0 atom stereocenters. The van der Waals surface area contributed by atoms with Gasteiger partial charge in [0.1, 0.15) is 18.0 Å². The van der Waals surface area contributed by atoms with E-state index in [1.807, 2.05) is 6.92 Å². The third-order valence-electron chi connectivity index (χ3n) is 3.46. The normalized spacial score (nSPS) is 14.4. The number of rotatable bonds is 1. The summed E-state index contributed by atoms with van der Waals surface area (Å²) in [4.78, 5) is 10.7. The van der Waals surface area contributed by atoms with Gasteiger partial charge >= 0.3 is 0 Å². The molecule has 2 N–H and O–H groups in total. The number of hydrogen-bond donors (Lipinski definition) is 1. The van der Waals surface area contributed by atoms with Crippen molar-refractivity contribution in [1.82, 2.24) is 9.97 Å². The number of nitrogens with zero attached hydrogens (tertiary/aromatic N) is 3. The molecule has 0 saturated carbocycles. The maximum atomic E-state index is 5.87. The SMILES string of the molecule is Cc1c(N)ncnc1N1CCCc2ccccc21. The highest BCUT2D eigenvalue weighted by atomic mass is 15.2. The topological polar surface area (TPSA) is 55.0 Å². The molecule has 92 valence electrons. The van der Waals surface area contributed by atoms with Crippen molar-refractivity contribution in [3.05, 3.63) is 41.7 Å². The number of aromatic nitrogens is 2. The Balaban J connectivity index is 2.11. The summed E-state index contributed by atoms with van der Waals surface area (Å²) >= 11 is 0. The van der Waals surface area contributed by atoms with Gasteiger partial charge in [-0.05, 0) is 31.4 Å². The van der Waals surface area contributed by atoms with Crippen LogP contribution in [0.4, 0.5) is 17.3 Å². The third-order valence-corrected chi connectivity index (χ3v) is 3.46. The Morgan fingerprint density at radius 2 is 2.06 bits per heavy atom. The van der Waals surface area contributed by atoms with E-state index in [9.17, 15) is 0 Å². The molecule has 18 heavy (non-hydrogen) atoms. The minimum Gasteiger partial charge on any atom is -0.383 e. The van der Waals surface area contributed by atoms with E-state index in [-0.39, 0.29) is 0 Å². The van der Waals surface area contributed by atoms with Crippen LogP contribution in [0, 0.1) is 6.92 Å². The number of benzene rings is 1. The predicted molar refractivity (Wildman–Crippen MR) is 73.0 cm³/mol. The van der Waals surface area contributed by atoms with Gasteiger partial charge in [-0.2, -0.15) is 0 Å². The van der Waals surface area contributed by atoms with Crippen LogP contribution >= 0.6 is 0 Å². The fourth-order valence-corrected chi connectivity index (χ4v) is 2.48. The highest BCUT2D eigenvalue weighted by molar-refractivity contribution is 5.69. The number of fused-ring (bicyclic) bond motifs is 1.